The molecule has 3 N–H and O–H groups in total. The number of alkyl halides is 8. The molecule has 2 amide bonds. The van der Waals surface area contributed by atoms with E-state index in [1.165, 1.54) is 0 Å². The van der Waals surface area contributed by atoms with E-state index in [2.05, 4.69) is 15.4 Å². The number of hydrogen-bond donors (Lipinski definition) is 2. The summed E-state index contributed by atoms with van der Waals surface area (Å²) < 4.78 is 124. The number of fused-ring (bicyclic) bond motifs is 1. The second-order valence-electron chi connectivity index (χ2n) is 9.51. The lowest BCUT2D eigenvalue weighted by molar-refractivity contribution is -0.176. The van der Waals surface area contributed by atoms with E-state index in [0.29, 0.717) is 12.1 Å². The monoisotopic (exact) mass is 596 g/mol. The van der Waals surface area contributed by atoms with Gasteiger partial charge in [0.05, 0.1) is 29.8 Å². The summed E-state index contributed by atoms with van der Waals surface area (Å²) in [6.07, 6.45) is -11.6. The third kappa shape index (κ3) is 5.88. The van der Waals surface area contributed by atoms with E-state index in [4.69, 9.17) is 5.73 Å². The minimum atomic E-state index is -4.93. The van der Waals surface area contributed by atoms with E-state index in [-0.39, 0.29) is 11.3 Å². The van der Waals surface area contributed by atoms with Crippen LogP contribution in [0.1, 0.15) is 34.8 Å². The molecule has 0 aliphatic carbocycles. The van der Waals surface area contributed by atoms with E-state index in [1.54, 1.807) is 0 Å². The number of benzene rings is 1. The smallest absolute Gasteiger partial charge is 0.382 e. The summed E-state index contributed by atoms with van der Waals surface area (Å²) in [5, 5.41) is 5.90. The molecule has 41 heavy (non-hydrogen) atoms. The van der Waals surface area contributed by atoms with Gasteiger partial charge in [0.1, 0.15) is 30.5 Å². The third-order valence-corrected chi connectivity index (χ3v) is 6.71. The third-order valence-electron chi connectivity index (χ3n) is 6.71. The number of aromatic nitrogens is 3. The van der Waals surface area contributed by atoms with Gasteiger partial charge in [0.25, 0.3) is 5.91 Å². The molecule has 3 heterocycles. The fraction of sp³-hybridized carbons (Fsp3) is 0.417. The predicted octanol–water partition coefficient (Wildman–Crippen LogP) is 4.47. The zero-order valence-electron chi connectivity index (χ0n) is 21.0. The highest BCUT2D eigenvalue weighted by Crippen LogP contribution is 2.39. The van der Waals surface area contributed by atoms with Crippen molar-refractivity contribution in [3.8, 4) is 11.3 Å². The molecular weight excluding hydrogens is 575 g/mol. The van der Waals surface area contributed by atoms with Crippen LogP contribution >= 0.6 is 0 Å². The molecule has 1 aliphatic heterocycles. The van der Waals surface area contributed by atoms with Crippen molar-refractivity contribution >= 4 is 23.1 Å². The van der Waals surface area contributed by atoms with Crippen molar-refractivity contribution in [3.05, 3.63) is 47.0 Å². The van der Waals surface area contributed by atoms with Gasteiger partial charge in [-0.2, -0.15) is 31.4 Å². The van der Waals surface area contributed by atoms with E-state index in [0.717, 1.165) is 28.7 Å². The molecule has 1 unspecified atom stereocenters. The lowest BCUT2D eigenvalue weighted by Crippen LogP contribution is -2.42. The number of carbonyl (C=O) groups is 2. The Kier molecular flexibility index (Phi) is 7.84. The lowest BCUT2D eigenvalue weighted by atomic mass is 10.0. The maximum absolute atomic E-state index is 14.9. The molecule has 3 atom stereocenters. The van der Waals surface area contributed by atoms with Crippen molar-refractivity contribution in [1.82, 2.24) is 24.8 Å². The van der Waals surface area contributed by atoms with Gasteiger partial charge in [0, 0.05) is 29.7 Å². The number of amides is 2. The highest BCUT2D eigenvalue weighted by atomic mass is 19.4. The van der Waals surface area contributed by atoms with Gasteiger partial charge < -0.3 is 16.0 Å². The average molecular weight is 596 g/mol. The maximum atomic E-state index is 14.9. The lowest BCUT2D eigenvalue weighted by Gasteiger charge is -2.20. The summed E-state index contributed by atoms with van der Waals surface area (Å²) >= 11 is 0. The van der Waals surface area contributed by atoms with Gasteiger partial charge in [0.2, 0.25) is 5.91 Å². The first kappa shape index (κ1) is 29.9. The predicted molar refractivity (Wildman–Crippen MR) is 125 cm³/mol. The van der Waals surface area contributed by atoms with Gasteiger partial charge in [-0.1, -0.05) is 6.92 Å². The fourth-order valence-electron chi connectivity index (χ4n) is 4.47. The molecule has 3 aromatic rings. The molecule has 0 spiro atoms. The first-order valence-corrected chi connectivity index (χ1v) is 11.9. The Balaban J connectivity index is 1.65. The Bertz CT molecular complexity index is 1490. The minimum absolute atomic E-state index is 0.338. The van der Waals surface area contributed by atoms with Crippen LogP contribution in [0, 0.1) is 11.7 Å². The van der Waals surface area contributed by atoms with Crippen molar-refractivity contribution < 1.29 is 49.1 Å². The zero-order valence-corrected chi connectivity index (χ0v) is 21.0. The Hall–Kier alpha value is -4.05. The standard InChI is InChI=1S/C24H21F9N6O2/c1-10(23(28,29)30)2-19(40)38-7-16(27)17(8-38)37-22(41)12-3-11(4-15(26)13(12)6-25)18-5-14(24(31,32)33)20-21(34)35-9-36-39(18)20/h3-5,9-10,16-17H,2,6-8H2,1H3,(H,37,41)(H2,34,35,36)/t10?,16-,17+/m0/s1. The summed E-state index contributed by atoms with van der Waals surface area (Å²) in [5.41, 5.74) is 1.52. The van der Waals surface area contributed by atoms with Crippen LogP contribution in [-0.2, 0) is 17.6 Å². The van der Waals surface area contributed by atoms with Crippen molar-refractivity contribution in [2.45, 2.75) is 44.6 Å². The molecule has 1 aromatic carbocycles. The number of likely N-dealkylation sites (tertiary alicyclic amines) is 1. The number of nitrogens with zero attached hydrogens (tertiary/aromatic N) is 4. The second-order valence-corrected chi connectivity index (χ2v) is 9.51. The summed E-state index contributed by atoms with van der Waals surface area (Å²) in [5.74, 6) is -6.08. The van der Waals surface area contributed by atoms with Gasteiger partial charge in [-0.15, -0.1) is 0 Å². The number of nitrogens with one attached hydrogen (secondary N) is 1. The van der Waals surface area contributed by atoms with Crippen LogP contribution in [0.5, 0.6) is 0 Å². The van der Waals surface area contributed by atoms with Gasteiger partial charge in [-0.3, -0.25) is 9.59 Å². The first-order chi connectivity index (χ1) is 19.0. The molecule has 1 saturated heterocycles. The molecule has 0 radical (unpaired) electrons. The van der Waals surface area contributed by atoms with E-state index in [1.807, 2.05) is 0 Å². The summed E-state index contributed by atoms with van der Waals surface area (Å²) in [7, 11) is 0. The van der Waals surface area contributed by atoms with Gasteiger partial charge in [0.15, 0.2) is 5.82 Å². The average Bonchev–Trinajstić information content (AvgIpc) is 3.44. The van der Waals surface area contributed by atoms with Crippen molar-refractivity contribution in [2.24, 2.45) is 5.92 Å². The van der Waals surface area contributed by atoms with E-state index in [9.17, 15) is 49.1 Å². The Morgan fingerprint density at radius 2 is 1.83 bits per heavy atom. The molecular formula is C24H21F9N6O2. The number of nitrogen functional groups attached to an aromatic ring is 1. The molecule has 17 heteroatoms. The number of rotatable bonds is 6. The summed E-state index contributed by atoms with van der Waals surface area (Å²) in [4.78, 5) is 29.6. The Morgan fingerprint density at radius 3 is 2.44 bits per heavy atom. The molecule has 1 fully saturated rings. The summed E-state index contributed by atoms with van der Waals surface area (Å²) in [6, 6.07) is 0.711. The zero-order chi connectivity index (χ0) is 30.4. The quantitative estimate of drug-likeness (QED) is 0.409. The van der Waals surface area contributed by atoms with Crippen LogP contribution in [-0.4, -0.2) is 62.8 Å². The summed E-state index contributed by atoms with van der Waals surface area (Å²) in [6.45, 7) is -1.88. The van der Waals surface area contributed by atoms with Crippen molar-refractivity contribution in [3.63, 3.8) is 0 Å². The van der Waals surface area contributed by atoms with Crippen molar-refractivity contribution in [1.29, 1.82) is 0 Å². The number of nitrogens with two attached hydrogens (primary N) is 1. The van der Waals surface area contributed by atoms with Gasteiger partial charge in [-0.25, -0.2) is 22.7 Å². The normalized spacial score (nSPS) is 18.6. The number of anilines is 1. The fourth-order valence-corrected chi connectivity index (χ4v) is 4.47. The molecule has 2 aromatic heterocycles. The largest absolute Gasteiger partial charge is 0.418 e. The topological polar surface area (TPSA) is 106 Å². The first-order valence-electron chi connectivity index (χ1n) is 11.9. The van der Waals surface area contributed by atoms with E-state index < -0.39 is 102 Å². The Labute approximate surface area is 225 Å². The van der Waals surface area contributed by atoms with E-state index >= 15 is 0 Å². The maximum Gasteiger partial charge on any atom is 0.418 e. The number of carbonyl (C=O) groups excluding carboxylic acids is 2. The van der Waals surface area contributed by atoms with Crippen molar-refractivity contribution in [2.75, 3.05) is 18.8 Å². The second kappa shape index (κ2) is 10.7. The Morgan fingerprint density at radius 1 is 1.15 bits per heavy atom. The van der Waals surface area contributed by atoms with Crippen LogP contribution in [0.15, 0.2) is 24.5 Å². The highest BCUT2D eigenvalue weighted by Gasteiger charge is 2.42. The van der Waals surface area contributed by atoms with Crippen LogP contribution in [0.25, 0.3) is 16.8 Å². The van der Waals surface area contributed by atoms with Crippen LogP contribution in [0.2, 0.25) is 0 Å². The highest BCUT2D eigenvalue weighted by molar-refractivity contribution is 5.97. The van der Waals surface area contributed by atoms with Crippen LogP contribution in [0.4, 0.5) is 45.3 Å². The number of hydrogen-bond acceptors (Lipinski definition) is 5. The number of halogens is 9. The molecule has 4 rings (SSSR count). The molecule has 1 aliphatic rings. The molecule has 0 saturated carbocycles. The SMILES string of the molecule is CC(CC(=O)N1C[C@H](F)[C@H](NC(=O)c2cc(-c3cc(C(F)(F)F)c4c(N)ncnn34)cc(F)c2CF)C1)C(F)(F)F. The van der Waals surface area contributed by atoms with Gasteiger partial charge in [-0.05, 0) is 18.2 Å². The molecule has 8 nitrogen and oxygen atoms in total. The van der Waals surface area contributed by atoms with Crippen LogP contribution < -0.4 is 11.1 Å². The minimum Gasteiger partial charge on any atom is -0.382 e. The van der Waals surface area contributed by atoms with Crippen LogP contribution in [0.3, 0.4) is 0 Å². The molecule has 0 bridgehead atoms. The molecule has 222 valence electrons. The van der Waals surface area contributed by atoms with Gasteiger partial charge >= 0.3 is 12.4 Å².